The number of amides is 1. The van der Waals surface area contributed by atoms with Gasteiger partial charge in [-0.15, -0.1) is 0 Å². The van der Waals surface area contributed by atoms with Crippen LogP contribution in [0.1, 0.15) is 17.5 Å². The molecule has 35 heavy (non-hydrogen) atoms. The third-order valence-electron chi connectivity index (χ3n) is 6.50. The Morgan fingerprint density at radius 1 is 1.11 bits per heavy atom. The first-order valence-corrected chi connectivity index (χ1v) is 11.1. The quantitative estimate of drug-likeness (QED) is 0.559. The van der Waals surface area contributed by atoms with E-state index in [1.165, 1.54) is 12.3 Å². The molecule has 182 valence electrons. The van der Waals surface area contributed by atoms with Crippen molar-refractivity contribution in [3.63, 3.8) is 0 Å². The maximum Gasteiger partial charge on any atom is 0.419 e. The minimum atomic E-state index is -4.57. The molecule has 3 aromatic rings. The molecule has 9 nitrogen and oxygen atoms in total. The fraction of sp³-hybridized carbons (Fsp3) is 0.391. The summed E-state index contributed by atoms with van der Waals surface area (Å²) in [5, 5.41) is 3.66. The molecule has 1 spiro atoms. The van der Waals surface area contributed by atoms with Crippen LogP contribution in [-0.2, 0) is 22.3 Å². The van der Waals surface area contributed by atoms with Gasteiger partial charge in [-0.2, -0.15) is 23.1 Å². The van der Waals surface area contributed by atoms with Crippen molar-refractivity contribution in [3.05, 3.63) is 41.6 Å². The molecule has 2 saturated heterocycles. The van der Waals surface area contributed by atoms with E-state index in [1.807, 2.05) is 0 Å². The average molecular weight is 487 g/mol. The molecular weight excluding hydrogens is 467 g/mol. The van der Waals surface area contributed by atoms with Gasteiger partial charge in [0.1, 0.15) is 30.6 Å². The van der Waals surface area contributed by atoms with Crippen LogP contribution in [0.2, 0.25) is 0 Å². The van der Waals surface area contributed by atoms with E-state index < -0.39 is 17.2 Å². The van der Waals surface area contributed by atoms with Crippen LogP contribution in [0.25, 0.3) is 10.9 Å². The first kappa shape index (κ1) is 21.8. The molecule has 1 amide bonds. The van der Waals surface area contributed by atoms with E-state index in [0.717, 1.165) is 6.07 Å². The van der Waals surface area contributed by atoms with Crippen LogP contribution in [0, 0.1) is 5.41 Å². The zero-order chi connectivity index (χ0) is 24.2. The summed E-state index contributed by atoms with van der Waals surface area (Å²) in [6, 6.07) is 5.65. The molecule has 3 aliphatic rings. The van der Waals surface area contributed by atoms with Crippen LogP contribution in [0.15, 0.2) is 30.5 Å². The summed E-state index contributed by atoms with van der Waals surface area (Å²) in [4.78, 5) is 27.8. The number of aromatic nitrogens is 3. The molecule has 0 aliphatic carbocycles. The van der Waals surface area contributed by atoms with E-state index >= 15 is 0 Å². The third-order valence-corrected chi connectivity index (χ3v) is 6.50. The van der Waals surface area contributed by atoms with Gasteiger partial charge in [0, 0.05) is 24.0 Å². The summed E-state index contributed by atoms with van der Waals surface area (Å²) < 4.78 is 57.0. The van der Waals surface area contributed by atoms with Crippen molar-refractivity contribution < 1.29 is 32.2 Å². The van der Waals surface area contributed by atoms with Gasteiger partial charge in [0.25, 0.3) is 0 Å². The van der Waals surface area contributed by atoms with Gasteiger partial charge in [-0.1, -0.05) is 12.1 Å². The molecule has 2 bridgehead atoms. The molecule has 2 fully saturated rings. The van der Waals surface area contributed by atoms with Crippen LogP contribution in [-0.4, -0.2) is 53.8 Å². The number of pyridine rings is 1. The van der Waals surface area contributed by atoms with Gasteiger partial charge in [-0.05, 0) is 18.6 Å². The number of hydrogen-bond acceptors (Lipinski definition) is 8. The Hall–Kier alpha value is -3.67. The number of ether oxygens (including phenoxy) is 3. The molecular formula is C23H20F3N5O4. The minimum absolute atomic E-state index is 0.0194. The van der Waals surface area contributed by atoms with Crippen molar-refractivity contribution in [1.82, 2.24) is 15.0 Å². The molecule has 5 heterocycles. The second-order valence-corrected chi connectivity index (χ2v) is 8.74. The van der Waals surface area contributed by atoms with E-state index in [-0.39, 0.29) is 37.4 Å². The van der Waals surface area contributed by atoms with Crippen molar-refractivity contribution in [1.29, 1.82) is 0 Å². The van der Waals surface area contributed by atoms with Crippen molar-refractivity contribution in [2.24, 2.45) is 5.41 Å². The SMILES string of the molecule is O=C1N(c2cc3c4nc(nc3cn2)OCCOc2c(cccc2C(F)(F)F)CN4)CCC12COC2. The van der Waals surface area contributed by atoms with E-state index in [1.54, 1.807) is 17.0 Å². The van der Waals surface area contributed by atoms with Gasteiger partial charge in [0.2, 0.25) is 5.91 Å². The van der Waals surface area contributed by atoms with Crippen LogP contribution in [0.5, 0.6) is 11.8 Å². The number of fused-ring (bicyclic) bond motifs is 5. The number of benzene rings is 1. The van der Waals surface area contributed by atoms with Crippen LogP contribution in [0.3, 0.4) is 0 Å². The standard InChI is InChI=1S/C23H20F3N5O4/c24-23(25,26)15-3-1-2-13-9-28-19-14-8-17(31-5-4-22(20(31)32)11-33-12-22)27-10-16(14)29-21(30-19)35-7-6-34-18(13)15/h1-3,8,10H,4-7,9,11-12H2,(H,28,29,30). The third kappa shape index (κ3) is 3.68. The molecule has 0 atom stereocenters. The van der Waals surface area contributed by atoms with Gasteiger partial charge in [0.15, 0.2) is 0 Å². The summed E-state index contributed by atoms with van der Waals surface area (Å²) in [7, 11) is 0. The zero-order valence-corrected chi connectivity index (χ0v) is 18.4. The number of rotatable bonds is 1. The number of para-hydroxylation sites is 1. The monoisotopic (exact) mass is 487 g/mol. The largest absolute Gasteiger partial charge is 0.489 e. The van der Waals surface area contributed by atoms with Crippen molar-refractivity contribution in [2.75, 3.05) is 43.2 Å². The molecule has 0 saturated carbocycles. The van der Waals surface area contributed by atoms with Crippen LogP contribution < -0.4 is 19.7 Å². The van der Waals surface area contributed by atoms with E-state index in [4.69, 9.17) is 14.2 Å². The molecule has 6 rings (SSSR count). The topological polar surface area (TPSA) is 98.7 Å². The number of nitrogens with one attached hydrogen (secondary N) is 1. The second-order valence-electron chi connectivity index (χ2n) is 8.74. The molecule has 3 aliphatic heterocycles. The molecule has 12 heteroatoms. The van der Waals surface area contributed by atoms with Gasteiger partial charge in [0.05, 0.1) is 35.9 Å². The molecule has 1 N–H and O–H groups in total. The first-order chi connectivity index (χ1) is 16.8. The number of alkyl halides is 3. The Kier molecular flexibility index (Phi) is 4.95. The molecule has 1 aromatic carbocycles. The molecule has 2 aromatic heterocycles. The Morgan fingerprint density at radius 2 is 1.94 bits per heavy atom. The summed E-state index contributed by atoms with van der Waals surface area (Å²) in [6.45, 7) is 1.20. The van der Waals surface area contributed by atoms with Crippen molar-refractivity contribution >= 4 is 28.4 Å². The predicted molar refractivity (Wildman–Crippen MR) is 117 cm³/mol. The summed E-state index contributed by atoms with van der Waals surface area (Å²) in [5.41, 5.74) is -0.530. The number of halogens is 3. The maximum atomic E-state index is 13.6. The normalized spacial score (nSPS) is 19.3. The summed E-state index contributed by atoms with van der Waals surface area (Å²) in [6.07, 6.45) is -2.34. The number of anilines is 2. The summed E-state index contributed by atoms with van der Waals surface area (Å²) in [5.74, 6) is 0.537. The first-order valence-electron chi connectivity index (χ1n) is 11.1. The Balaban J connectivity index is 1.38. The lowest BCUT2D eigenvalue weighted by Crippen LogP contribution is -2.49. The lowest BCUT2D eigenvalue weighted by molar-refractivity contribution is -0.153. The number of carbonyl (C=O) groups excluding carboxylic acids is 1. The minimum Gasteiger partial charge on any atom is -0.489 e. The lowest BCUT2D eigenvalue weighted by Gasteiger charge is -2.35. The Labute approximate surface area is 197 Å². The highest BCUT2D eigenvalue weighted by atomic mass is 19.4. The number of nitrogens with zero attached hydrogens (tertiary/aromatic N) is 4. The van der Waals surface area contributed by atoms with Gasteiger partial charge in [-0.25, -0.2) is 4.98 Å². The smallest absolute Gasteiger partial charge is 0.419 e. The van der Waals surface area contributed by atoms with Gasteiger partial charge >= 0.3 is 12.2 Å². The Morgan fingerprint density at radius 3 is 2.69 bits per heavy atom. The van der Waals surface area contributed by atoms with E-state index in [9.17, 15) is 18.0 Å². The molecule has 0 radical (unpaired) electrons. The van der Waals surface area contributed by atoms with Crippen molar-refractivity contribution in [3.8, 4) is 11.8 Å². The average Bonchev–Trinajstić information content (AvgIpc) is 3.15. The fourth-order valence-electron chi connectivity index (χ4n) is 4.58. The van der Waals surface area contributed by atoms with E-state index in [2.05, 4.69) is 20.3 Å². The number of hydrogen-bond donors (Lipinski definition) is 1. The number of carbonyl (C=O) groups is 1. The second kappa shape index (κ2) is 7.94. The predicted octanol–water partition coefficient (Wildman–Crippen LogP) is 3.18. The van der Waals surface area contributed by atoms with Gasteiger partial charge < -0.3 is 19.5 Å². The highest BCUT2D eigenvalue weighted by molar-refractivity contribution is 6.01. The summed E-state index contributed by atoms with van der Waals surface area (Å²) >= 11 is 0. The Bertz CT molecular complexity index is 1330. The van der Waals surface area contributed by atoms with Crippen LogP contribution in [0.4, 0.5) is 24.8 Å². The molecule has 0 unspecified atom stereocenters. The zero-order valence-electron chi connectivity index (χ0n) is 18.4. The van der Waals surface area contributed by atoms with Crippen molar-refractivity contribution in [2.45, 2.75) is 19.1 Å². The van der Waals surface area contributed by atoms with Crippen LogP contribution >= 0.6 is 0 Å². The highest BCUT2D eigenvalue weighted by Crippen LogP contribution is 2.41. The lowest BCUT2D eigenvalue weighted by atomic mass is 9.84. The highest BCUT2D eigenvalue weighted by Gasteiger charge is 2.53. The van der Waals surface area contributed by atoms with E-state index in [0.29, 0.717) is 54.3 Å². The fourth-order valence-corrected chi connectivity index (χ4v) is 4.58. The maximum absolute atomic E-state index is 13.6. The van der Waals surface area contributed by atoms with Gasteiger partial charge in [-0.3, -0.25) is 9.69 Å².